The standard InChI is InChI=1S/C24H25N5O3S2/c1-31-22(30)8-11-33-19-12-21(32-18-4-2-16(13-25)3-5-18)23(27-14-19)29-24-28-20(15-34-24)17-6-9-26-10-7-17/h2-5,12,14-15,17,26H,6-11H2,1H3,(H,27,28,29). The molecule has 0 amide bonds. The number of rotatable bonds is 9. The maximum absolute atomic E-state index is 11.4. The van der Waals surface area contributed by atoms with Crippen LogP contribution in [0.15, 0.2) is 46.8 Å². The average molecular weight is 496 g/mol. The van der Waals surface area contributed by atoms with Crippen LogP contribution in [0.4, 0.5) is 10.9 Å². The smallest absolute Gasteiger partial charge is 0.306 e. The van der Waals surface area contributed by atoms with Gasteiger partial charge in [0.1, 0.15) is 5.75 Å². The fraction of sp³-hybridized carbons (Fsp3) is 0.333. The van der Waals surface area contributed by atoms with E-state index in [0.717, 1.165) is 41.7 Å². The van der Waals surface area contributed by atoms with Crippen LogP contribution in [-0.2, 0) is 9.53 Å². The maximum Gasteiger partial charge on any atom is 0.306 e. The molecule has 0 saturated carbocycles. The lowest BCUT2D eigenvalue weighted by atomic mass is 9.96. The molecule has 4 rings (SSSR count). The third-order valence-corrected chi connectivity index (χ3v) is 7.09. The summed E-state index contributed by atoms with van der Waals surface area (Å²) in [6, 6.07) is 10.9. The molecule has 0 unspecified atom stereocenters. The van der Waals surface area contributed by atoms with E-state index in [0.29, 0.717) is 41.0 Å². The van der Waals surface area contributed by atoms with Crippen molar-refractivity contribution in [2.75, 3.05) is 31.3 Å². The molecule has 2 N–H and O–H groups in total. The van der Waals surface area contributed by atoms with Gasteiger partial charge in [0.2, 0.25) is 0 Å². The SMILES string of the molecule is COC(=O)CCSc1cnc(Nc2nc(C3CCNCC3)cs2)c(Oc2ccc(C#N)cc2)c1. The second-order valence-electron chi connectivity index (χ2n) is 7.66. The summed E-state index contributed by atoms with van der Waals surface area (Å²) in [5.41, 5.74) is 1.67. The third-order valence-electron chi connectivity index (χ3n) is 5.35. The number of anilines is 2. The summed E-state index contributed by atoms with van der Waals surface area (Å²) >= 11 is 3.05. The molecule has 0 radical (unpaired) electrons. The second kappa shape index (κ2) is 11.8. The first-order valence-electron chi connectivity index (χ1n) is 11.0. The first-order valence-corrected chi connectivity index (χ1v) is 12.8. The number of aromatic nitrogens is 2. The Bertz CT molecular complexity index is 1150. The summed E-state index contributed by atoms with van der Waals surface area (Å²) in [4.78, 5) is 21.7. The lowest BCUT2D eigenvalue weighted by Crippen LogP contribution is -2.26. The van der Waals surface area contributed by atoms with Crippen molar-refractivity contribution in [3.63, 3.8) is 0 Å². The molecular formula is C24H25N5O3S2. The van der Waals surface area contributed by atoms with Gasteiger partial charge in [0, 0.05) is 28.1 Å². The minimum atomic E-state index is -0.249. The molecule has 0 aliphatic carbocycles. The zero-order valence-electron chi connectivity index (χ0n) is 18.7. The van der Waals surface area contributed by atoms with Gasteiger partial charge in [0.05, 0.1) is 30.9 Å². The van der Waals surface area contributed by atoms with E-state index in [4.69, 9.17) is 19.7 Å². The minimum absolute atomic E-state index is 0.249. The number of hydrogen-bond acceptors (Lipinski definition) is 10. The number of thioether (sulfide) groups is 1. The van der Waals surface area contributed by atoms with E-state index in [1.165, 1.54) is 18.9 Å². The first kappa shape index (κ1) is 24.0. The molecule has 3 aromatic rings. The van der Waals surface area contributed by atoms with Crippen LogP contribution in [0.5, 0.6) is 11.5 Å². The Labute approximate surface area is 206 Å². The number of ether oxygens (including phenoxy) is 2. The molecule has 0 spiro atoms. The Morgan fingerprint density at radius 2 is 2.12 bits per heavy atom. The summed E-state index contributed by atoms with van der Waals surface area (Å²) in [6.45, 7) is 2.04. The Morgan fingerprint density at radius 3 is 2.85 bits per heavy atom. The fourth-order valence-corrected chi connectivity index (χ4v) is 5.12. The van der Waals surface area contributed by atoms with Crippen LogP contribution >= 0.6 is 23.1 Å². The quantitative estimate of drug-likeness (QED) is 0.311. The molecular weight excluding hydrogens is 470 g/mol. The Balaban J connectivity index is 1.52. The molecule has 1 aliphatic rings. The molecule has 2 aromatic heterocycles. The molecule has 0 atom stereocenters. The van der Waals surface area contributed by atoms with Crippen LogP contribution in [0, 0.1) is 11.3 Å². The number of methoxy groups -OCH3 is 1. The van der Waals surface area contributed by atoms with Crippen LogP contribution in [0.2, 0.25) is 0 Å². The van der Waals surface area contributed by atoms with E-state index in [-0.39, 0.29) is 5.97 Å². The predicted octanol–water partition coefficient (Wildman–Crippen LogP) is 5.07. The summed E-state index contributed by atoms with van der Waals surface area (Å²) in [5.74, 6) is 2.48. The summed E-state index contributed by atoms with van der Waals surface area (Å²) in [7, 11) is 1.38. The molecule has 1 aliphatic heterocycles. The normalized spacial score (nSPS) is 13.8. The van der Waals surface area contributed by atoms with Crippen molar-refractivity contribution in [3.05, 3.63) is 53.2 Å². The zero-order valence-corrected chi connectivity index (χ0v) is 20.4. The highest BCUT2D eigenvalue weighted by molar-refractivity contribution is 7.99. The number of nitrogens with zero attached hydrogens (tertiary/aromatic N) is 3. The van der Waals surface area contributed by atoms with Gasteiger partial charge >= 0.3 is 5.97 Å². The summed E-state index contributed by atoms with van der Waals surface area (Å²) in [5, 5.41) is 18.6. The minimum Gasteiger partial charge on any atom is -0.469 e. The number of nitrogens with one attached hydrogen (secondary N) is 2. The number of benzene rings is 1. The van der Waals surface area contributed by atoms with Crippen LogP contribution in [0.1, 0.15) is 36.4 Å². The number of esters is 1. The van der Waals surface area contributed by atoms with Gasteiger partial charge in [0.25, 0.3) is 0 Å². The number of carbonyl (C=O) groups is 1. The Kier molecular flexibility index (Phi) is 8.36. The van der Waals surface area contributed by atoms with E-state index < -0.39 is 0 Å². The Morgan fingerprint density at radius 1 is 1.32 bits per heavy atom. The summed E-state index contributed by atoms with van der Waals surface area (Å²) < 4.78 is 10.8. The molecule has 1 aromatic carbocycles. The van der Waals surface area contributed by atoms with Gasteiger partial charge in [-0.15, -0.1) is 23.1 Å². The van der Waals surface area contributed by atoms with Gasteiger partial charge < -0.3 is 20.1 Å². The molecule has 34 heavy (non-hydrogen) atoms. The van der Waals surface area contributed by atoms with Crippen molar-refractivity contribution in [2.24, 2.45) is 0 Å². The van der Waals surface area contributed by atoms with Gasteiger partial charge in [-0.25, -0.2) is 9.97 Å². The lowest BCUT2D eigenvalue weighted by Gasteiger charge is -2.20. The molecule has 10 heteroatoms. The fourth-order valence-electron chi connectivity index (χ4n) is 3.51. The third kappa shape index (κ3) is 6.47. The molecule has 176 valence electrons. The Hall–Kier alpha value is -3.13. The van der Waals surface area contributed by atoms with Gasteiger partial charge in [0.15, 0.2) is 16.7 Å². The van der Waals surface area contributed by atoms with Gasteiger partial charge in [-0.1, -0.05) is 0 Å². The molecule has 3 heterocycles. The van der Waals surface area contributed by atoms with Crippen LogP contribution in [0.25, 0.3) is 0 Å². The first-order chi connectivity index (χ1) is 16.6. The van der Waals surface area contributed by atoms with E-state index in [1.807, 2.05) is 6.07 Å². The number of pyridine rings is 1. The zero-order chi connectivity index (χ0) is 23.8. The number of hydrogen-bond donors (Lipinski definition) is 2. The predicted molar refractivity (Wildman–Crippen MR) is 133 cm³/mol. The average Bonchev–Trinajstić information content (AvgIpc) is 3.35. The maximum atomic E-state index is 11.4. The molecule has 8 nitrogen and oxygen atoms in total. The molecule has 0 bridgehead atoms. The summed E-state index contributed by atoms with van der Waals surface area (Å²) in [6.07, 6.45) is 4.24. The highest BCUT2D eigenvalue weighted by Gasteiger charge is 2.19. The monoisotopic (exact) mass is 495 g/mol. The van der Waals surface area contributed by atoms with Crippen molar-refractivity contribution in [3.8, 4) is 17.6 Å². The van der Waals surface area contributed by atoms with Crippen LogP contribution in [0.3, 0.4) is 0 Å². The molecule has 1 fully saturated rings. The second-order valence-corrected chi connectivity index (χ2v) is 9.68. The number of thiazole rings is 1. The van der Waals surface area contributed by atoms with Crippen LogP contribution < -0.4 is 15.4 Å². The highest BCUT2D eigenvalue weighted by atomic mass is 32.2. The van der Waals surface area contributed by atoms with Gasteiger partial charge in [-0.2, -0.15) is 5.26 Å². The number of piperidine rings is 1. The molecule has 1 saturated heterocycles. The largest absolute Gasteiger partial charge is 0.469 e. The van der Waals surface area contributed by atoms with Crippen molar-refractivity contribution in [1.29, 1.82) is 5.26 Å². The van der Waals surface area contributed by atoms with E-state index >= 15 is 0 Å². The lowest BCUT2D eigenvalue weighted by molar-refractivity contribution is -0.140. The van der Waals surface area contributed by atoms with Gasteiger partial charge in [-0.05, 0) is 56.3 Å². The van der Waals surface area contributed by atoms with Crippen molar-refractivity contribution in [2.45, 2.75) is 30.1 Å². The van der Waals surface area contributed by atoms with Gasteiger partial charge in [-0.3, -0.25) is 4.79 Å². The van der Waals surface area contributed by atoms with E-state index in [2.05, 4.69) is 27.1 Å². The van der Waals surface area contributed by atoms with Crippen LogP contribution in [-0.4, -0.2) is 41.9 Å². The topological polar surface area (TPSA) is 109 Å². The van der Waals surface area contributed by atoms with Crippen molar-refractivity contribution < 1.29 is 14.3 Å². The van der Waals surface area contributed by atoms with Crippen molar-refractivity contribution >= 4 is 40.0 Å². The van der Waals surface area contributed by atoms with E-state index in [1.54, 1.807) is 41.8 Å². The van der Waals surface area contributed by atoms with Crippen molar-refractivity contribution in [1.82, 2.24) is 15.3 Å². The highest BCUT2D eigenvalue weighted by Crippen LogP contribution is 2.36. The number of carbonyl (C=O) groups excluding carboxylic acids is 1. The van der Waals surface area contributed by atoms with E-state index in [9.17, 15) is 4.79 Å². The number of nitriles is 1.